The Morgan fingerprint density at radius 3 is 3.33 bits per heavy atom. The SMILES string of the molecule is Cc1cc2nncn2[nH]1. The van der Waals surface area contributed by atoms with Gasteiger partial charge in [0.05, 0.1) is 0 Å². The predicted octanol–water partition coefficient (Wildman–Crippen LogP) is 0.366. The van der Waals surface area contributed by atoms with E-state index in [4.69, 9.17) is 0 Å². The van der Waals surface area contributed by atoms with Crippen molar-refractivity contribution in [3.8, 4) is 0 Å². The van der Waals surface area contributed by atoms with Crippen molar-refractivity contribution in [2.45, 2.75) is 6.92 Å². The molecule has 0 saturated heterocycles. The maximum atomic E-state index is 3.82. The standard InChI is InChI=1S/C5H6N4/c1-4-2-5-7-6-3-9(5)8-4/h2-3,8H,1H3. The lowest BCUT2D eigenvalue weighted by atomic mass is 10.5. The lowest BCUT2D eigenvalue weighted by Crippen LogP contribution is -1.78. The smallest absolute Gasteiger partial charge is 0.177 e. The third kappa shape index (κ3) is 0.526. The van der Waals surface area contributed by atoms with E-state index in [1.807, 2.05) is 13.0 Å². The minimum absolute atomic E-state index is 0.868. The van der Waals surface area contributed by atoms with E-state index in [-0.39, 0.29) is 0 Å². The highest BCUT2D eigenvalue weighted by Gasteiger charge is 1.94. The van der Waals surface area contributed by atoms with Crippen LogP contribution in [0.4, 0.5) is 0 Å². The largest absolute Gasteiger partial charge is 0.296 e. The number of hydrogen-bond acceptors (Lipinski definition) is 2. The van der Waals surface area contributed by atoms with Crippen LogP contribution in [-0.2, 0) is 0 Å². The molecule has 2 heterocycles. The Morgan fingerprint density at radius 2 is 2.56 bits per heavy atom. The van der Waals surface area contributed by atoms with Crippen LogP contribution in [-0.4, -0.2) is 19.8 Å². The van der Waals surface area contributed by atoms with Crippen LogP contribution in [0, 0.1) is 6.92 Å². The van der Waals surface area contributed by atoms with Gasteiger partial charge in [-0.3, -0.25) is 5.10 Å². The van der Waals surface area contributed by atoms with Crippen molar-refractivity contribution in [2.75, 3.05) is 0 Å². The van der Waals surface area contributed by atoms with Crippen molar-refractivity contribution in [1.82, 2.24) is 19.8 Å². The van der Waals surface area contributed by atoms with Crippen molar-refractivity contribution in [2.24, 2.45) is 0 Å². The number of aromatic nitrogens is 4. The van der Waals surface area contributed by atoms with Crippen LogP contribution in [0.15, 0.2) is 12.4 Å². The zero-order chi connectivity index (χ0) is 6.27. The first-order valence-electron chi connectivity index (χ1n) is 2.71. The lowest BCUT2D eigenvalue weighted by Gasteiger charge is -1.77. The molecule has 0 bridgehead atoms. The number of hydrogen-bond donors (Lipinski definition) is 1. The Labute approximate surface area is 51.5 Å². The molecule has 4 nitrogen and oxygen atoms in total. The van der Waals surface area contributed by atoms with Crippen molar-refractivity contribution >= 4 is 5.65 Å². The molecule has 0 spiro atoms. The van der Waals surface area contributed by atoms with Gasteiger partial charge in [0, 0.05) is 11.8 Å². The van der Waals surface area contributed by atoms with Crippen LogP contribution in [0.3, 0.4) is 0 Å². The monoisotopic (exact) mass is 122 g/mol. The molecular weight excluding hydrogens is 116 g/mol. The van der Waals surface area contributed by atoms with Gasteiger partial charge in [0.25, 0.3) is 0 Å². The summed E-state index contributed by atoms with van der Waals surface area (Å²) < 4.78 is 1.77. The predicted molar refractivity (Wildman–Crippen MR) is 32.1 cm³/mol. The second-order valence-electron chi connectivity index (χ2n) is 2.00. The summed E-state index contributed by atoms with van der Waals surface area (Å²) >= 11 is 0. The minimum Gasteiger partial charge on any atom is -0.296 e. The van der Waals surface area contributed by atoms with Gasteiger partial charge in [-0.2, -0.15) is 0 Å². The third-order valence-electron chi connectivity index (χ3n) is 1.22. The Balaban J connectivity index is 2.92. The summed E-state index contributed by atoms with van der Waals surface area (Å²) in [4.78, 5) is 0. The van der Waals surface area contributed by atoms with Gasteiger partial charge in [-0.05, 0) is 6.92 Å². The number of fused-ring (bicyclic) bond motifs is 1. The molecular formula is C5H6N4. The summed E-state index contributed by atoms with van der Waals surface area (Å²) in [6.45, 7) is 1.98. The molecule has 0 aliphatic heterocycles. The quantitative estimate of drug-likeness (QED) is 0.548. The zero-order valence-electron chi connectivity index (χ0n) is 5.00. The van der Waals surface area contributed by atoms with Gasteiger partial charge >= 0.3 is 0 Å². The maximum absolute atomic E-state index is 3.82. The molecule has 0 amide bonds. The molecule has 0 unspecified atom stereocenters. The summed E-state index contributed by atoms with van der Waals surface area (Å²) in [5.41, 5.74) is 1.97. The van der Waals surface area contributed by atoms with E-state index in [9.17, 15) is 0 Å². The number of aromatic amines is 1. The molecule has 4 heteroatoms. The maximum Gasteiger partial charge on any atom is 0.177 e. The van der Waals surface area contributed by atoms with Crippen LogP contribution in [0.1, 0.15) is 5.69 Å². The highest BCUT2D eigenvalue weighted by Crippen LogP contribution is 1.98. The molecule has 2 rings (SSSR count). The highest BCUT2D eigenvalue weighted by molar-refractivity contribution is 5.36. The van der Waals surface area contributed by atoms with Crippen LogP contribution in [0.25, 0.3) is 5.65 Å². The molecule has 0 aliphatic rings. The van der Waals surface area contributed by atoms with E-state index in [1.54, 1.807) is 10.8 Å². The number of H-pyrrole nitrogens is 1. The van der Waals surface area contributed by atoms with E-state index >= 15 is 0 Å². The average molecular weight is 122 g/mol. The number of nitrogens with one attached hydrogen (secondary N) is 1. The van der Waals surface area contributed by atoms with E-state index in [2.05, 4.69) is 15.3 Å². The molecule has 2 aromatic heterocycles. The first-order chi connectivity index (χ1) is 4.36. The second-order valence-corrected chi connectivity index (χ2v) is 2.00. The van der Waals surface area contributed by atoms with Gasteiger partial charge in [0.1, 0.15) is 6.33 Å². The van der Waals surface area contributed by atoms with Crippen LogP contribution in [0.5, 0.6) is 0 Å². The van der Waals surface area contributed by atoms with Crippen LogP contribution < -0.4 is 0 Å². The Kier molecular flexibility index (Phi) is 0.677. The highest BCUT2D eigenvalue weighted by atomic mass is 15.3. The minimum atomic E-state index is 0.868. The molecule has 0 aromatic carbocycles. The number of nitrogens with zero attached hydrogens (tertiary/aromatic N) is 3. The normalized spacial score (nSPS) is 10.8. The van der Waals surface area contributed by atoms with Gasteiger partial charge in [-0.1, -0.05) is 0 Å². The Morgan fingerprint density at radius 1 is 1.67 bits per heavy atom. The second kappa shape index (κ2) is 1.34. The molecule has 9 heavy (non-hydrogen) atoms. The molecule has 0 aliphatic carbocycles. The topological polar surface area (TPSA) is 46.0 Å². The number of rotatable bonds is 0. The van der Waals surface area contributed by atoms with Crippen molar-refractivity contribution in [1.29, 1.82) is 0 Å². The molecule has 2 aromatic rings. The summed E-state index contributed by atoms with van der Waals surface area (Å²) in [6.07, 6.45) is 1.64. The number of aryl methyl sites for hydroxylation is 1. The van der Waals surface area contributed by atoms with E-state index in [0.29, 0.717) is 0 Å². The van der Waals surface area contributed by atoms with Crippen molar-refractivity contribution in [3.63, 3.8) is 0 Å². The van der Waals surface area contributed by atoms with Crippen molar-refractivity contribution in [3.05, 3.63) is 18.1 Å². The van der Waals surface area contributed by atoms with Crippen LogP contribution in [0.2, 0.25) is 0 Å². The molecule has 46 valence electrons. The zero-order valence-corrected chi connectivity index (χ0v) is 5.00. The van der Waals surface area contributed by atoms with E-state index < -0.39 is 0 Å². The van der Waals surface area contributed by atoms with E-state index in [0.717, 1.165) is 11.3 Å². The fourth-order valence-electron chi connectivity index (χ4n) is 0.844. The summed E-state index contributed by atoms with van der Waals surface area (Å²) in [5, 5.41) is 10.5. The molecule has 1 N–H and O–H groups in total. The molecule has 0 saturated carbocycles. The summed E-state index contributed by atoms with van der Waals surface area (Å²) in [6, 6.07) is 1.94. The molecule has 0 atom stereocenters. The van der Waals surface area contributed by atoms with Gasteiger partial charge in [0.15, 0.2) is 5.65 Å². The van der Waals surface area contributed by atoms with Crippen molar-refractivity contribution < 1.29 is 0 Å². The molecule has 0 fully saturated rings. The van der Waals surface area contributed by atoms with Gasteiger partial charge in [0.2, 0.25) is 0 Å². The summed E-state index contributed by atoms with van der Waals surface area (Å²) in [5.74, 6) is 0. The van der Waals surface area contributed by atoms with Gasteiger partial charge in [-0.25, -0.2) is 4.52 Å². The molecule has 0 radical (unpaired) electrons. The average Bonchev–Trinajstić information content (AvgIpc) is 2.22. The summed E-state index contributed by atoms with van der Waals surface area (Å²) in [7, 11) is 0. The lowest BCUT2D eigenvalue weighted by molar-refractivity contribution is 0.928. The first kappa shape index (κ1) is 4.55. The fourth-order valence-corrected chi connectivity index (χ4v) is 0.844. The Bertz CT molecular complexity index is 290. The van der Waals surface area contributed by atoms with E-state index in [1.165, 1.54) is 0 Å². The van der Waals surface area contributed by atoms with Gasteiger partial charge < -0.3 is 0 Å². The van der Waals surface area contributed by atoms with Gasteiger partial charge in [-0.15, -0.1) is 10.2 Å². The van der Waals surface area contributed by atoms with Crippen LogP contribution >= 0.6 is 0 Å². The first-order valence-corrected chi connectivity index (χ1v) is 2.71. The Hall–Kier alpha value is -1.32. The third-order valence-corrected chi connectivity index (χ3v) is 1.22. The fraction of sp³-hybridized carbons (Fsp3) is 0.200.